The first-order valence-electron chi connectivity index (χ1n) is 20.6. The van der Waals surface area contributed by atoms with Crippen molar-refractivity contribution in [2.75, 3.05) is 27.3 Å². The highest BCUT2D eigenvalue weighted by molar-refractivity contribution is 6.10. The number of likely N-dealkylation sites (tertiary alicyclic amines) is 2. The van der Waals surface area contributed by atoms with Crippen LogP contribution in [-0.2, 0) is 19.1 Å². The van der Waals surface area contributed by atoms with E-state index < -0.39 is 24.3 Å². The topological polar surface area (TPSA) is 206 Å². The van der Waals surface area contributed by atoms with Crippen LogP contribution in [0.1, 0.15) is 77.1 Å². The fourth-order valence-corrected chi connectivity index (χ4v) is 8.90. The number of nitrogens with one attached hydrogen (secondary N) is 6. The van der Waals surface area contributed by atoms with Gasteiger partial charge in [-0.25, -0.2) is 19.6 Å². The van der Waals surface area contributed by atoms with Crippen LogP contribution in [0.25, 0.3) is 55.4 Å². The van der Waals surface area contributed by atoms with Crippen molar-refractivity contribution in [3.63, 3.8) is 0 Å². The normalized spacial score (nSPS) is 17.8. The maximum absolute atomic E-state index is 13.7. The third-order valence-corrected chi connectivity index (χ3v) is 12.0. The summed E-state index contributed by atoms with van der Waals surface area (Å²) >= 11 is 0. The molecule has 6 heterocycles. The quantitative estimate of drug-likeness (QED) is 0.0788. The summed E-state index contributed by atoms with van der Waals surface area (Å²) in [5.41, 5.74) is 7.59. The first-order valence-corrected chi connectivity index (χ1v) is 20.6. The molecule has 2 fully saturated rings. The Labute approximate surface area is 347 Å². The fourth-order valence-electron chi connectivity index (χ4n) is 8.90. The van der Waals surface area contributed by atoms with E-state index in [2.05, 4.69) is 67.0 Å². The highest BCUT2D eigenvalue weighted by atomic mass is 16.5. The third-order valence-electron chi connectivity index (χ3n) is 12.0. The van der Waals surface area contributed by atoms with E-state index in [1.165, 1.54) is 14.2 Å². The number of carbonyl (C=O) groups is 4. The Kier molecular flexibility index (Phi) is 11.1. The number of rotatable bonds is 11. The van der Waals surface area contributed by atoms with Gasteiger partial charge in [-0.2, -0.15) is 0 Å². The van der Waals surface area contributed by atoms with Crippen molar-refractivity contribution >= 4 is 45.8 Å². The van der Waals surface area contributed by atoms with Crippen LogP contribution < -0.4 is 10.6 Å². The number of hydrogen-bond acceptors (Lipinski definition) is 8. The van der Waals surface area contributed by atoms with Crippen LogP contribution in [0.3, 0.4) is 0 Å². The zero-order valence-electron chi connectivity index (χ0n) is 34.7. The number of hydrogen-bond donors (Lipinski definition) is 6. The van der Waals surface area contributed by atoms with E-state index in [9.17, 15) is 19.2 Å². The molecule has 6 aromatic rings. The van der Waals surface area contributed by atoms with Crippen LogP contribution in [0, 0.1) is 11.8 Å². The van der Waals surface area contributed by atoms with Crippen LogP contribution >= 0.6 is 0 Å². The van der Waals surface area contributed by atoms with Crippen molar-refractivity contribution in [2.24, 2.45) is 11.8 Å². The molecule has 0 bridgehead atoms. The number of H-pyrrole nitrogens is 4. The van der Waals surface area contributed by atoms with Crippen molar-refractivity contribution in [3.8, 4) is 33.6 Å². The molecule has 2 aliphatic heterocycles. The molecule has 8 rings (SSSR count). The summed E-state index contributed by atoms with van der Waals surface area (Å²) in [4.78, 5) is 78.7. The molecule has 4 atom stereocenters. The van der Waals surface area contributed by atoms with E-state index in [4.69, 9.17) is 19.4 Å². The summed E-state index contributed by atoms with van der Waals surface area (Å²) in [6.07, 6.45) is 9.43. The highest BCUT2D eigenvalue weighted by Crippen LogP contribution is 2.41. The van der Waals surface area contributed by atoms with E-state index in [1.807, 2.05) is 62.3 Å². The van der Waals surface area contributed by atoms with Crippen molar-refractivity contribution in [1.82, 2.24) is 50.3 Å². The minimum atomic E-state index is -0.710. The number of methoxy groups -OCH3 is 2. The van der Waals surface area contributed by atoms with Gasteiger partial charge in [-0.3, -0.25) is 9.59 Å². The van der Waals surface area contributed by atoms with Gasteiger partial charge in [0.05, 0.1) is 61.1 Å². The lowest BCUT2D eigenvalue weighted by Gasteiger charge is -2.30. The Morgan fingerprint density at radius 3 is 1.57 bits per heavy atom. The Bertz CT molecular complexity index is 2370. The molecular weight excluding hydrogens is 765 g/mol. The second-order valence-corrected chi connectivity index (χ2v) is 16.3. The summed E-state index contributed by atoms with van der Waals surface area (Å²) in [5, 5.41) is 7.48. The number of aromatic amines is 4. The Hall–Kier alpha value is -6.58. The molecule has 16 nitrogen and oxygen atoms in total. The highest BCUT2D eigenvalue weighted by Gasteiger charge is 2.39. The molecule has 2 saturated heterocycles. The van der Waals surface area contributed by atoms with Crippen LogP contribution in [0.4, 0.5) is 9.59 Å². The molecule has 2 aliphatic rings. The van der Waals surface area contributed by atoms with Gasteiger partial charge in [0, 0.05) is 52.9 Å². The van der Waals surface area contributed by atoms with Crippen LogP contribution in [-0.4, -0.2) is 103 Å². The average Bonchev–Trinajstić information content (AvgIpc) is 4.10. The molecule has 0 aliphatic carbocycles. The van der Waals surface area contributed by atoms with Crippen molar-refractivity contribution in [3.05, 3.63) is 72.8 Å². The molecule has 4 unspecified atom stereocenters. The smallest absolute Gasteiger partial charge is 0.407 e. The predicted octanol–water partition coefficient (Wildman–Crippen LogP) is 7.18. The number of benzene rings is 2. The van der Waals surface area contributed by atoms with Crippen LogP contribution in [0.2, 0.25) is 0 Å². The second-order valence-electron chi connectivity index (χ2n) is 16.3. The zero-order valence-corrected chi connectivity index (χ0v) is 34.7. The molecular formula is C44H52N10O6. The van der Waals surface area contributed by atoms with Gasteiger partial charge in [0.25, 0.3) is 0 Å². The molecule has 0 saturated carbocycles. The van der Waals surface area contributed by atoms with Crippen molar-refractivity contribution in [1.29, 1.82) is 0 Å². The average molecular weight is 817 g/mol. The summed E-state index contributed by atoms with van der Waals surface area (Å²) < 4.78 is 9.58. The number of fused-ring (bicyclic) bond motifs is 2. The van der Waals surface area contributed by atoms with E-state index in [-0.39, 0.29) is 35.7 Å². The molecule has 314 valence electrons. The van der Waals surface area contributed by atoms with E-state index >= 15 is 0 Å². The number of imidazole rings is 2. The summed E-state index contributed by atoms with van der Waals surface area (Å²) in [7, 11) is 2.58. The minimum Gasteiger partial charge on any atom is -0.453 e. The first kappa shape index (κ1) is 40.2. The van der Waals surface area contributed by atoms with Gasteiger partial charge in [-0.1, -0.05) is 52.0 Å². The van der Waals surface area contributed by atoms with Crippen LogP contribution in [0.15, 0.2) is 61.2 Å². The largest absolute Gasteiger partial charge is 0.453 e. The summed E-state index contributed by atoms with van der Waals surface area (Å²) in [5.74, 6) is 0.858. The van der Waals surface area contributed by atoms with Crippen LogP contribution in [0.5, 0.6) is 0 Å². The number of carbonyl (C=O) groups excluding carboxylic acids is 4. The predicted molar refractivity (Wildman–Crippen MR) is 226 cm³/mol. The van der Waals surface area contributed by atoms with Gasteiger partial charge in [-0.15, -0.1) is 0 Å². The minimum absolute atomic E-state index is 0.123. The van der Waals surface area contributed by atoms with E-state index in [1.54, 1.807) is 0 Å². The van der Waals surface area contributed by atoms with Gasteiger partial charge < -0.3 is 49.8 Å². The molecule has 2 aromatic carbocycles. The Morgan fingerprint density at radius 2 is 1.07 bits per heavy atom. The Morgan fingerprint density at radius 1 is 0.633 bits per heavy atom. The lowest BCUT2D eigenvalue weighted by Crippen LogP contribution is -2.51. The van der Waals surface area contributed by atoms with Gasteiger partial charge in [0.15, 0.2) is 0 Å². The first-order chi connectivity index (χ1) is 29.0. The molecule has 60 heavy (non-hydrogen) atoms. The van der Waals surface area contributed by atoms with Gasteiger partial charge in [0.2, 0.25) is 11.8 Å². The van der Waals surface area contributed by atoms with Crippen molar-refractivity contribution in [2.45, 2.75) is 77.5 Å². The van der Waals surface area contributed by atoms with E-state index in [0.717, 1.165) is 81.1 Å². The summed E-state index contributed by atoms with van der Waals surface area (Å²) in [6, 6.07) is 10.7. The molecule has 4 amide bonds. The second kappa shape index (κ2) is 16.6. The standard InChI is InChI=1S/C44H52N10O6/c1-23(2)35(51-43(57)59-5)41(55)53-19-7-9-33(53)39-47-21-31(49-39)26-12-13-27(37-29(26)16-18-45-37)25-11-14-30(38-28(25)15-17-46-38)32-22-48-40(50-32)34-10-8-20-54(34)42(56)36(24(3)4)52-44(58)60-6/h11-18,21-24,33-36,45-46H,7-10,19-20H2,1-6H3,(H,47,49)(H,48,50)(H,51,57)(H,52,58). The zero-order chi connectivity index (χ0) is 42.2. The molecule has 0 radical (unpaired) electrons. The number of alkyl carbamates (subject to hydrolysis) is 2. The monoisotopic (exact) mass is 816 g/mol. The molecule has 4 aromatic heterocycles. The van der Waals surface area contributed by atoms with Gasteiger partial charge in [0.1, 0.15) is 23.7 Å². The SMILES string of the molecule is COC(=O)NC(C(=O)N1CCCC1c1ncc(-c2ccc(-c3ccc(-c4cnc(C5CCCN5C(=O)C(NC(=O)OC)C(C)C)[nH]4)c4[nH]ccc34)c3[nH]ccc23)[nH]1)C(C)C. The maximum Gasteiger partial charge on any atom is 0.407 e. The Balaban J connectivity index is 1.05. The fraction of sp³-hybridized carbons (Fsp3) is 0.409. The lowest BCUT2D eigenvalue weighted by atomic mass is 9.94. The number of nitrogens with zero attached hydrogens (tertiary/aromatic N) is 4. The summed E-state index contributed by atoms with van der Waals surface area (Å²) in [6.45, 7) is 8.76. The van der Waals surface area contributed by atoms with E-state index in [0.29, 0.717) is 24.7 Å². The third kappa shape index (κ3) is 7.34. The number of ether oxygens (including phenoxy) is 2. The maximum atomic E-state index is 13.7. The lowest BCUT2D eigenvalue weighted by molar-refractivity contribution is -0.136. The number of aromatic nitrogens is 6. The molecule has 0 spiro atoms. The van der Waals surface area contributed by atoms with Gasteiger partial charge in [-0.05, 0) is 55.2 Å². The molecule has 6 N–H and O–H groups in total. The van der Waals surface area contributed by atoms with Gasteiger partial charge >= 0.3 is 12.2 Å². The number of amides is 4. The molecule has 16 heteroatoms. The van der Waals surface area contributed by atoms with Crippen molar-refractivity contribution < 1.29 is 28.7 Å².